The summed E-state index contributed by atoms with van der Waals surface area (Å²) in [4.78, 5) is 19.7. The highest BCUT2D eigenvalue weighted by Crippen LogP contribution is 2.06. The number of carbonyl (C=O) groups is 1. The first-order valence-electron chi connectivity index (χ1n) is 3.64. The van der Waals surface area contributed by atoms with Crippen LogP contribution in [-0.2, 0) is 4.84 Å². The molecule has 0 aliphatic heterocycles. The van der Waals surface area contributed by atoms with Gasteiger partial charge in [-0.2, -0.15) is 4.98 Å². The normalized spacial score (nSPS) is 9.77. The van der Waals surface area contributed by atoms with Crippen molar-refractivity contribution in [3.05, 3.63) is 12.0 Å². The summed E-state index contributed by atoms with van der Waals surface area (Å²) in [5, 5.41) is 3.42. The molecule has 13 heavy (non-hydrogen) atoms. The lowest BCUT2D eigenvalue weighted by Crippen LogP contribution is -2.30. The van der Waals surface area contributed by atoms with Crippen LogP contribution in [0.4, 0.5) is 10.8 Å². The van der Waals surface area contributed by atoms with Crippen LogP contribution in [0.3, 0.4) is 0 Å². The second-order valence-corrected chi connectivity index (χ2v) is 2.40. The van der Waals surface area contributed by atoms with Gasteiger partial charge in [0, 0.05) is 7.05 Å². The van der Waals surface area contributed by atoms with E-state index >= 15 is 0 Å². The molecule has 0 spiro atoms. The van der Waals surface area contributed by atoms with Crippen molar-refractivity contribution in [2.24, 2.45) is 0 Å². The lowest BCUT2D eigenvalue weighted by Gasteiger charge is -2.12. The standard InChI is InChI=1S/C7H11N3O3/c1-5-4-13-6(8-5)9-7(11)10(2)12-3/h4H,1-3H3,(H,8,9,11). The molecule has 0 atom stereocenters. The Morgan fingerprint density at radius 3 is 2.92 bits per heavy atom. The molecule has 1 rings (SSSR count). The Hall–Kier alpha value is -1.56. The van der Waals surface area contributed by atoms with Gasteiger partial charge in [-0.1, -0.05) is 0 Å². The van der Waals surface area contributed by atoms with Crippen molar-refractivity contribution in [3.63, 3.8) is 0 Å². The first-order valence-corrected chi connectivity index (χ1v) is 3.64. The Balaban J connectivity index is 2.54. The predicted molar refractivity (Wildman–Crippen MR) is 45.0 cm³/mol. The number of anilines is 1. The smallest absolute Gasteiger partial charge is 0.349 e. The molecular formula is C7H11N3O3. The minimum absolute atomic E-state index is 0.159. The topological polar surface area (TPSA) is 67.6 Å². The number of hydrogen-bond donors (Lipinski definition) is 1. The minimum atomic E-state index is -0.440. The summed E-state index contributed by atoms with van der Waals surface area (Å²) in [5.41, 5.74) is 0.704. The lowest BCUT2D eigenvalue weighted by molar-refractivity contribution is -0.0599. The number of urea groups is 1. The van der Waals surface area contributed by atoms with Crippen LogP contribution in [0.5, 0.6) is 0 Å². The summed E-state index contributed by atoms with van der Waals surface area (Å²) >= 11 is 0. The number of carbonyl (C=O) groups excluding carboxylic acids is 1. The quantitative estimate of drug-likeness (QED) is 0.698. The number of amides is 2. The van der Waals surface area contributed by atoms with Crippen LogP contribution < -0.4 is 5.32 Å². The number of hydroxylamine groups is 2. The number of oxazole rings is 1. The summed E-state index contributed by atoms with van der Waals surface area (Å²) in [6.45, 7) is 1.76. The van der Waals surface area contributed by atoms with E-state index in [-0.39, 0.29) is 6.01 Å². The van der Waals surface area contributed by atoms with E-state index in [1.807, 2.05) is 0 Å². The molecule has 6 nitrogen and oxygen atoms in total. The summed E-state index contributed by atoms with van der Waals surface area (Å²) in [7, 11) is 2.87. The van der Waals surface area contributed by atoms with Gasteiger partial charge in [-0.15, -0.1) is 0 Å². The van der Waals surface area contributed by atoms with E-state index in [0.717, 1.165) is 5.06 Å². The second kappa shape index (κ2) is 3.90. The van der Waals surface area contributed by atoms with Crippen molar-refractivity contribution >= 4 is 12.0 Å². The van der Waals surface area contributed by atoms with Crippen LogP contribution in [0.25, 0.3) is 0 Å². The molecule has 0 aliphatic rings. The number of aryl methyl sites for hydroxylation is 1. The molecule has 0 radical (unpaired) electrons. The van der Waals surface area contributed by atoms with Crippen molar-refractivity contribution in [1.29, 1.82) is 0 Å². The predicted octanol–water partition coefficient (Wildman–Crippen LogP) is 1.01. The molecule has 6 heteroatoms. The van der Waals surface area contributed by atoms with E-state index in [1.165, 1.54) is 20.4 Å². The third-order valence-electron chi connectivity index (χ3n) is 1.39. The van der Waals surface area contributed by atoms with E-state index in [2.05, 4.69) is 15.1 Å². The van der Waals surface area contributed by atoms with Crippen LogP contribution in [0, 0.1) is 6.92 Å². The zero-order chi connectivity index (χ0) is 9.84. The van der Waals surface area contributed by atoms with Crippen LogP contribution in [-0.4, -0.2) is 30.2 Å². The fourth-order valence-electron chi connectivity index (χ4n) is 0.664. The van der Waals surface area contributed by atoms with Gasteiger partial charge < -0.3 is 4.42 Å². The first kappa shape index (κ1) is 9.53. The van der Waals surface area contributed by atoms with Gasteiger partial charge in [-0.05, 0) is 6.92 Å². The van der Waals surface area contributed by atoms with Gasteiger partial charge in [0.2, 0.25) is 0 Å². The number of aromatic nitrogens is 1. The first-order chi connectivity index (χ1) is 6.13. The van der Waals surface area contributed by atoms with Gasteiger partial charge in [0.15, 0.2) is 0 Å². The summed E-state index contributed by atoms with van der Waals surface area (Å²) in [5.74, 6) is 0. The number of rotatable bonds is 2. The van der Waals surface area contributed by atoms with Gasteiger partial charge >= 0.3 is 12.0 Å². The lowest BCUT2D eigenvalue weighted by atomic mass is 10.6. The molecule has 0 fully saturated rings. The fourth-order valence-corrected chi connectivity index (χ4v) is 0.664. The van der Waals surface area contributed by atoms with Gasteiger partial charge in [0.1, 0.15) is 6.26 Å². The maximum absolute atomic E-state index is 11.1. The molecule has 1 aromatic heterocycles. The largest absolute Gasteiger partial charge is 0.432 e. The minimum Gasteiger partial charge on any atom is -0.432 e. The SMILES string of the molecule is CON(C)C(=O)Nc1nc(C)co1. The zero-order valence-electron chi connectivity index (χ0n) is 7.70. The van der Waals surface area contributed by atoms with Crippen molar-refractivity contribution in [1.82, 2.24) is 10.0 Å². The molecular weight excluding hydrogens is 174 g/mol. The van der Waals surface area contributed by atoms with E-state index in [9.17, 15) is 4.79 Å². The average Bonchev–Trinajstić information content (AvgIpc) is 2.49. The highest BCUT2D eigenvalue weighted by atomic mass is 16.7. The summed E-state index contributed by atoms with van der Waals surface area (Å²) in [6.07, 6.45) is 1.45. The Labute approximate surface area is 75.4 Å². The van der Waals surface area contributed by atoms with Crippen LogP contribution in [0.1, 0.15) is 5.69 Å². The number of nitrogens with one attached hydrogen (secondary N) is 1. The molecule has 1 aromatic rings. The maximum atomic E-state index is 11.1. The van der Waals surface area contributed by atoms with Gasteiger partial charge in [-0.25, -0.2) is 9.86 Å². The zero-order valence-corrected chi connectivity index (χ0v) is 7.70. The molecule has 0 aliphatic carbocycles. The van der Waals surface area contributed by atoms with Crippen molar-refractivity contribution in [2.75, 3.05) is 19.5 Å². The van der Waals surface area contributed by atoms with Crippen molar-refractivity contribution < 1.29 is 14.0 Å². The molecule has 0 bridgehead atoms. The van der Waals surface area contributed by atoms with Crippen LogP contribution in [0.15, 0.2) is 10.7 Å². The van der Waals surface area contributed by atoms with Gasteiger partial charge in [-0.3, -0.25) is 10.2 Å². The van der Waals surface area contributed by atoms with E-state index in [4.69, 9.17) is 4.42 Å². The fraction of sp³-hybridized carbons (Fsp3) is 0.429. The third kappa shape index (κ3) is 2.45. The molecule has 0 aromatic carbocycles. The molecule has 1 N–H and O–H groups in total. The summed E-state index contributed by atoms with van der Waals surface area (Å²) in [6, 6.07) is -0.282. The Kier molecular flexibility index (Phi) is 2.86. The third-order valence-corrected chi connectivity index (χ3v) is 1.39. The highest BCUT2D eigenvalue weighted by molar-refractivity contribution is 5.85. The van der Waals surface area contributed by atoms with Gasteiger partial charge in [0.05, 0.1) is 12.8 Å². The second-order valence-electron chi connectivity index (χ2n) is 2.40. The highest BCUT2D eigenvalue weighted by Gasteiger charge is 2.10. The molecule has 0 saturated heterocycles. The van der Waals surface area contributed by atoms with E-state index < -0.39 is 6.03 Å². The molecule has 0 unspecified atom stereocenters. The van der Waals surface area contributed by atoms with Crippen molar-refractivity contribution in [2.45, 2.75) is 6.92 Å². The molecule has 72 valence electrons. The number of nitrogens with zero attached hydrogens (tertiary/aromatic N) is 2. The van der Waals surface area contributed by atoms with E-state index in [0.29, 0.717) is 5.69 Å². The van der Waals surface area contributed by atoms with Crippen LogP contribution in [0.2, 0.25) is 0 Å². The van der Waals surface area contributed by atoms with Crippen LogP contribution >= 0.6 is 0 Å². The Morgan fingerprint density at radius 2 is 2.46 bits per heavy atom. The molecule has 1 heterocycles. The van der Waals surface area contributed by atoms with Crippen molar-refractivity contribution in [3.8, 4) is 0 Å². The number of hydrogen-bond acceptors (Lipinski definition) is 4. The Morgan fingerprint density at radius 1 is 1.77 bits per heavy atom. The molecule has 2 amide bonds. The maximum Gasteiger partial charge on any atom is 0.349 e. The monoisotopic (exact) mass is 185 g/mol. The Bertz CT molecular complexity index is 297. The summed E-state index contributed by atoms with van der Waals surface area (Å²) < 4.78 is 4.90. The van der Waals surface area contributed by atoms with Gasteiger partial charge in [0.25, 0.3) is 0 Å². The average molecular weight is 185 g/mol. The molecule has 0 saturated carbocycles. The van der Waals surface area contributed by atoms with E-state index in [1.54, 1.807) is 6.92 Å².